The summed E-state index contributed by atoms with van der Waals surface area (Å²) in [5.74, 6) is 0.0467. The van der Waals surface area contributed by atoms with Crippen molar-refractivity contribution in [2.24, 2.45) is 5.92 Å². The molecule has 1 heterocycles. The lowest BCUT2D eigenvalue weighted by Gasteiger charge is -2.34. The molecule has 2 fully saturated rings. The number of methoxy groups -OCH3 is 1. The number of aryl methyl sites for hydroxylation is 1. The maximum Gasteiger partial charge on any atom is 0.258 e. The zero-order valence-electron chi connectivity index (χ0n) is 19.9. The summed E-state index contributed by atoms with van der Waals surface area (Å²) in [6, 6.07) is 14.2. The Balaban J connectivity index is 1.47. The van der Waals surface area contributed by atoms with Crippen molar-refractivity contribution in [1.82, 2.24) is 10.2 Å². The molecule has 0 spiro atoms. The highest BCUT2D eigenvalue weighted by Crippen LogP contribution is 2.41. The highest BCUT2D eigenvalue weighted by Gasteiger charge is 2.47. The molecule has 2 aromatic rings. The lowest BCUT2D eigenvalue weighted by molar-refractivity contribution is -0.127. The summed E-state index contributed by atoms with van der Waals surface area (Å²) >= 11 is 0. The van der Waals surface area contributed by atoms with E-state index in [1.807, 2.05) is 37.3 Å². The third kappa shape index (κ3) is 4.93. The molecule has 3 amide bonds. The van der Waals surface area contributed by atoms with Gasteiger partial charge in [-0.25, -0.2) is 0 Å². The van der Waals surface area contributed by atoms with Crippen LogP contribution in [-0.2, 0) is 16.0 Å². The second-order valence-electron chi connectivity index (χ2n) is 9.05. The van der Waals surface area contributed by atoms with Crippen molar-refractivity contribution in [3.8, 4) is 5.75 Å². The first-order valence-corrected chi connectivity index (χ1v) is 12.1. The van der Waals surface area contributed by atoms with E-state index in [0.29, 0.717) is 23.7 Å². The van der Waals surface area contributed by atoms with Crippen LogP contribution in [0.1, 0.15) is 54.9 Å². The van der Waals surface area contributed by atoms with Gasteiger partial charge < -0.3 is 20.3 Å². The number of nitrogens with zero attached hydrogens (tertiary/aromatic N) is 1. The second-order valence-corrected chi connectivity index (χ2v) is 9.05. The number of likely N-dealkylation sites (tertiary alicyclic amines) is 1. The molecule has 4 rings (SSSR count). The Morgan fingerprint density at radius 2 is 1.76 bits per heavy atom. The maximum atomic E-state index is 13.6. The first kappa shape index (κ1) is 23.8. The smallest absolute Gasteiger partial charge is 0.258 e. The van der Waals surface area contributed by atoms with Crippen molar-refractivity contribution in [2.45, 2.75) is 57.5 Å². The topological polar surface area (TPSA) is 87.7 Å². The predicted molar refractivity (Wildman–Crippen MR) is 131 cm³/mol. The monoisotopic (exact) mass is 463 g/mol. The summed E-state index contributed by atoms with van der Waals surface area (Å²) in [5, 5.41) is 5.66. The highest BCUT2D eigenvalue weighted by molar-refractivity contribution is 6.01. The first-order chi connectivity index (χ1) is 16.5. The van der Waals surface area contributed by atoms with E-state index in [1.54, 1.807) is 30.2 Å². The zero-order valence-corrected chi connectivity index (χ0v) is 19.9. The lowest BCUT2D eigenvalue weighted by Crippen LogP contribution is -2.50. The minimum Gasteiger partial charge on any atom is -0.496 e. The van der Waals surface area contributed by atoms with E-state index in [9.17, 15) is 14.4 Å². The van der Waals surface area contributed by atoms with Crippen molar-refractivity contribution in [3.63, 3.8) is 0 Å². The summed E-state index contributed by atoms with van der Waals surface area (Å²) in [7, 11) is 1.54. The maximum absolute atomic E-state index is 13.6. The Morgan fingerprint density at radius 1 is 1.03 bits per heavy atom. The summed E-state index contributed by atoms with van der Waals surface area (Å²) in [4.78, 5) is 41.2. The molecule has 2 N–H and O–H groups in total. The summed E-state index contributed by atoms with van der Waals surface area (Å²) < 4.78 is 5.41. The van der Waals surface area contributed by atoms with Crippen LogP contribution >= 0.6 is 0 Å². The Morgan fingerprint density at radius 3 is 2.56 bits per heavy atom. The molecule has 2 aromatic carbocycles. The van der Waals surface area contributed by atoms with E-state index in [2.05, 4.69) is 10.6 Å². The number of ether oxygens (including phenoxy) is 1. The van der Waals surface area contributed by atoms with E-state index >= 15 is 0 Å². The SMILES string of the molecule is CCc1ccccc1NC(=O)CNC(=O)C1CC2CCCCC2N1C(=O)c1ccccc1OC. The van der Waals surface area contributed by atoms with Gasteiger partial charge >= 0.3 is 0 Å². The third-order valence-electron chi connectivity index (χ3n) is 7.06. The van der Waals surface area contributed by atoms with Crippen LogP contribution in [0, 0.1) is 5.92 Å². The Kier molecular flexibility index (Phi) is 7.50. The van der Waals surface area contributed by atoms with Crippen LogP contribution in [0.2, 0.25) is 0 Å². The predicted octanol–water partition coefficient (Wildman–Crippen LogP) is 3.79. The lowest BCUT2D eigenvalue weighted by atomic mass is 9.84. The minimum atomic E-state index is -0.596. The number of hydrogen-bond acceptors (Lipinski definition) is 4. The molecule has 0 aromatic heterocycles. The van der Waals surface area contributed by atoms with E-state index < -0.39 is 6.04 Å². The van der Waals surface area contributed by atoms with Gasteiger partial charge in [0.05, 0.1) is 19.2 Å². The number of nitrogens with one attached hydrogen (secondary N) is 2. The summed E-state index contributed by atoms with van der Waals surface area (Å²) in [6.07, 6.45) is 5.49. The molecule has 180 valence electrons. The van der Waals surface area contributed by atoms with Gasteiger partial charge in [-0.05, 0) is 55.4 Å². The number of benzene rings is 2. The molecule has 2 aliphatic rings. The fourth-order valence-electron chi connectivity index (χ4n) is 5.38. The molecule has 7 heteroatoms. The number of carbonyl (C=O) groups excluding carboxylic acids is 3. The number of rotatable bonds is 7. The van der Waals surface area contributed by atoms with Crippen LogP contribution in [0.15, 0.2) is 48.5 Å². The molecule has 1 aliphatic heterocycles. The zero-order chi connectivity index (χ0) is 24.1. The number of hydrogen-bond donors (Lipinski definition) is 2. The Bertz CT molecular complexity index is 1050. The molecular weight excluding hydrogens is 430 g/mol. The van der Waals surface area contributed by atoms with Gasteiger partial charge in [-0.1, -0.05) is 50.1 Å². The summed E-state index contributed by atoms with van der Waals surface area (Å²) in [6.45, 7) is 1.89. The number of para-hydroxylation sites is 2. The van der Waals surface area contributed by atoms with Gasteiger partial charge in [-0.3, -0.25) is 14.4 Å². The van der Waals surface area contributed by atoms with E-state index in [1.165, 1.54) is 0 Å². The van der Waals surface area contributed by atoms with Gasteiger partial charge in [0.25, 0.3) is 5.91 Å². The number of carbonyl (C=O) groups is 3. The molecule has 34 heavy (non-hydrogen) atoms. The minimum absolute atomic E-state index is 0.0344. The van der Waals surface area contributed by atoms with Crippen molar-refractivity contribution in [2.75, 3.05) is 19.0 Å². The van der Waals surface area contributed by atoms with Gasteiger partial charge in [0.1, 0.15) is 11.8 Å². The standard InChI is InChI=1S/C27H33N3O4/c1-3-18-10-4-7-13-21(18)29-25(31)17-28-26(32)23-16-19-11-5-8-14-22(19)30(23)27(33)20-12-6-9-15-24(20)34-2/h4,6-7,9-10,12-13,15,19,22-23H,3,5,8,11,14,16-17H2,1-2H3,(H,28,32)(H,29,31). The highest BCUT2D eigenvalue weighted by atomic mass is 16.5. The fraction of sp³-hybridized carbons (Fsp3) is 0.444. The number of amides is 3. The second kappa shape index (κ2) is 10.7. The molecule has 3 unspecified atom stereocenters. The van der Waals surface area contributed by atoms with Crippen molar-refractivity contribution >= 4 is 23.4 Å². The first-order valence-electron chi connectivity index (χ1n) is 12.1. The average molecular weight is 464 g/mol. The molecule has 1 saturated carbocycles. The number of fused-ring (bicyclic) bond motifs is 1. The Labute approximate surface area is 200 Å². The van der Waals surface area contributed by atoms with Crippen molar-refractivity contribution in [3.05, 3.63) is 59.7 Å². The third-order valence-corrected chi connectivity index (χ3v) is 7.06. The van der Waals surface area contributed by atoms with Gasteiger partial charge in [0, 0.05) is 11.7 Å². The van der Waals surface area contributed by atoms with Crippen LogP contribution in [0.3, 0.4) is 0 Å². The van der Waals surface area contributed by atoms with Gasteiger partial charge in [-0.2, -0.15) is 0 Å². The van der Waals surface area contributed by atoms with Crippen molar-refractivity contribution in [1.29, 1.82) is 0 Å². The van der Waals surface area contributed by atoms with Crippen LogP contribution in [-0.4, -0.2) is 48.4 Å². The molecule has 7 nitrogen and oxygen atoms in total. The van der Waals surface area contributed by atoms with Crippen LogP contribution in [0.4, 0.5) is 5.69 Å². The van der Waals surface area contributed by atoms with Crippen LogP contribution < -0.4 is 15.4 Å². The fourth-order valence-corrected chi connectivity index (χ4v) is 5.38. The molecule has 1 saturated heterocycles. The quantitative estimate of drug-likeness (QED) is 0.654. The molecular formula is C27H33N3O4. The van der Waals surface area contributed by atoms with E-state index in [-0.39, 0.29) is 30.3 Å². The molecule has 3 atom stereocenters. The summed E-state index contributed by atoms with van der Waals surface area (Å²) in [5.41, 5.74) is 2.25. The van der Waals surface area contributed by atoms with Crippen LogP contribution in [0.5, 0.6) is 5.75 Å². The Hall–Kier alpha value is -3.35. The molecule has 0 bridgehead atoms. The van der Waals surface area contributed by atoms with Gasteiger partial charge in [0.15, 0.2) is 0 Å². The van der Waals surface area contributed by atoms with Crippen LogP contribution in [0.25, 0.3) is 0 Å². The molecule has 0 radical (unpaired) electrons. The van der Waals surface area contributed by atoms with E-state index in [0.717, 1.165) is 43.4 Å². The molecule has 1 aliphatic carbocycles. The van der Waals surface area contributed by atoms with Gasteiger partial charge in [0.2, 0.25) is 11.8 Å². The van der Waals surface area contributed by atoms with E-state index in [4.69, 9.17) is 4.74 Å². The number of anilines is 1. The average Bonchev–Trinajstić information content (AvgIpc) is 3.27. The van der Waals surface area contributed by atoms with Crippen molar-refractivity contribution < 1.29 is 19.1 Å². The normalized spacial score (nSPS) is 21.5. The largest absolute Gasteiger partial charge is 0.496 e. The van der Waals surface area contributed by atoms with Gasteiger partial charge in [-0.15, -0.1) is 0 Å².